The Morgan fingerprint density at radius 2 is 1.83 bits per heavy atom. The number of aryl methyl sites for hydroxylation is 1. The molecule has 1 aliphatic heterocycles. The third kappa shape index (κ3) is 4.39. The summed E-state index contributed by atoms with van der Waals surface area (Å²) in [5, 5.41) is 0. The Morgan fingerprint density at radius 3 is 2.52 bits per heavy atom. The SMILES string of the molecule is Cc1cc(N(C)Cc2ccccc2)nc(N2CCN(C(=O)c3ccco3)CC2)n1. The van der Waals surface area contributed by atoms with E-state index in [-0.39, 0.29) is 5.91 Å². The monoisotopic (exact) mass is 391 g/mol. The Kier molecular flexibility index (Phi) is 5.46. The second-order valence-electron chi connectivity index (χ2n) is 7.27. The highest BCUT2D eigenvalue weighted by atomic mass is 16.3. The van der Waals surface area contributed by atoms with Crippen LogP contribution in [0.5, 0.6) is 0 Å². The largest absolute Gasteiger partial charge is 0.459 e. The number of amides is 1. The minimum atomic E-state index is -0.0666. The molecule has 1 fully saturated rings. The minimum absolute atomic E-state index is 0.0666. The van der Waals surface area contributed by atoms with Crippen molar-refractivity contribution in [1.29, 1.82) is 0 Å². The molecular formula is C22H25N5O2. The molecule has 1 aromatic carbocycles. The van der Waals surface area contributed by atoms with Crippen molar-refractivity contribution in [2.24, 2.45) is 0 Å². The number of hydrogen-bond acceptors (Lipinski definition) is 6. The summed E-state index contributed by atoms with van der Waals surface area (Å²) in [6, 6.07) is 15.8. The first-order chi connectivity index (χ1) is 14.1. The van der Waals surface area contributed by atoms with E-state index in [2.05, 4.69) is 26.9 Å². The maximum atomic E-state index is 12.5. The van der Waals surface area contributed by atoms with E-state index in [1.54, 1.807) is 12.1 Å². The van der Waals surface area contributed by atoms with Crippen LogP contribution in [-0.2, 0) is 6.54 Å². The summed E-state index contributed by atoms with van der Waals surface area (Å²) in [7, 11) is 2.04. The molecule has 1 saturated heterocycles. The van der Waals surface area contributed by atoms with Gasteiger partial charge in [-0.1, -0.05) is 30.3 Å². The number of benzene rings is 1. The lowest BCUT2D eigenvalue weighted by Crippen LogP contribution is -2.49. The molecule has 3 heterocycles. The van der Waals surface area contributed by atoms with E-state index in [4.69, 9.17) is 9.40 Å². The molecular weight excluding hydrogens is 366 g/mol. The van der Waals surface area contributed by atoms with Crippen LogP contribution in [0.15, 0.2) is 59.2 Å². The first kappa shape index (κ1) is 19.0. The summed E-state index contributed by atoms with van der Waals surface area (Å²) >= 11 is 0. The summed E-state index contributed by atoms with van der Waals surface area (Å²) in [6.07, 6.45) is 1.53. The highest BCUT2D eigenvalue weighted by Crippen LogP contribution is 2.20. The number of carbonyl (C=O) groups excluding carboxylic acids is 1. The molecule has 7 nitrogen and oxygen atoms in total. The van der Waals surface area contributed by atoms with Crippen LogP contribution in [0.25, 0.3) is 0 Å². The fourth-order valence-electron chi connectivity index (χ4n) is 3.48. The van der Waals surface area contributed by atoms with Crippen molar-refractivity contribution in [3.8, 4) is 0 Å². The van der Waals surface area contributed by atoms with Gasteiger partial charge in [0.05, 0.1) is 6.26 Å². The molecule has 29 heavy (non-hydrogen) atoms. The number of piperazine rings is 1. The van der Waals surface area contributed by atoms with E-state index in [1.807, 2.05) is 43.1 Å². The van der Waals surface area contributed by atoms with Crippen LogP contribution < -0.4 is 9.80 Å². The molecule has 4 rings (SSSR count). The molecule has 0 bridgehead atoms. The highest BCUT2D eigenvalue weighted by molar-refractivity contribution is 5.91. The topological polar surface area (TPSA) is 65.7 Å². The van der Waals surface area contributed by atoms with E-state index in [9.17, 15) is 4.79 Å². The zero-order chi connectivity index (χ0) is 20.2. The molecule has 7 heteroatoms. The van der Waals surface area contributed by atoms with Gasteiger partial charge >= 0.3 is 0 Å². The maximum Gasteiger partial charge on any atom is 0.289 e. The molecule has 0 spiro atoms. The third-order valence-corrected chi connectivity index (χ3v) is 5.06. The Labute approximate surface area is 170 Å². The average Bonchev–Trinajstić information content (AvgIpc) is 3.28. The van der Waals surface area contributed by atoms with Crippen LogP contribution in [-0.4, -0.2) is 54.0 Å². The number of carbonyl (C=O) groups is 1. The average molecular weight is 391 g/mol. The van der Waals surface area contributed by atoms with Gasteiger partial charge in [0.25, 0.3) is 5.91 Å². The van der Waals surface area contributed by atoms with Gasteiger partial charge in [-0.25, -0.2) is 4.98 Å². The van der Waals surface area contributed by atoms with Gasteiger partial charge in [-0.2, -0.15) is 4.98 Å². The molecule has 150 valence electrons. The van der Waals surface area contributed by atoms with Crippen molar-refractivity contribution in [3.63, 3.8) is 0 Å². The zero-order valence-corrected chi connectivity index (χ0v) is 16.8. The van der Waals surface area contributed by atoms with E-state index >= 15 is 0 Å². The van der Waals surface area contributed by atoms with Crippen LogP contribution in [0.1, 0.15) is 21.8 Å². The Hall–Kier alpha value is -3.35. The first-order valence-electron chi connectivity index (χ1n) is 9.78. The second-order valence-corrected chi connectivity index (χ2v) is 7.27. The summed E-state index contributed by atoms with van der Waals surface area (Å²) in [4.78, 5) is 28.0. The number of anilines is 2. The highest BCUT2D eigenvalue weighted by Gasteiger charge is 2.25. The molecule has 3 aromatic rings. The lowest BCUT2D eigenvalue weighted by atomic mass is 10.2. The number of nitrogens with zero attached hydrogens (tertiary/aromatic N) is 5. The van der Waals surface area contributed by atoms with Gasteiger partial charge in [-0.05, 0) is 24.6 Å². The molecule has 1 aliphatic rings. The molecule has 1 amide bonds. The Bertz CT molecular complexity index is 951. The van der Waals surface area contributed by atoms with Crippen molar-refractivity contribution in [2.45, 2.75) is 13.5 Å². The van der Waals surface area contributed by atoms with Crippen molar-refractivity contribution in [3.05, 3.63) is 71.8 Å². The first-order valence-corrected chi connectivity index (χ1v) is 9.78. The van der Waals surface area contributed by atoms with Gasteiger partial charge in [-0.15, -0.1) is 0 Å². The number of furan rings is 1. The minimum Gasteiger partial charge on any atom is -0.459 e. The van der Waals surface area contributed by atoms with Crippen molar-refractivity contribution in [1.82, 2.24) is 14.9 Å². The summed E-state index contributed by atoms with van der Waals surface area (Å²) < 4.78 is 5.23. The number of rotatable bonds is 5. The normalized spacial score (nSPS) is 14.1. The summed E-state index contributed by atoms with van der Waals surface area (Å²) in [5.41, 5.74) is 2.16. The van der Waals surface area contributed by atoms with Crippen molar-refractivity contribution in [2.75, 3.05) is 43.0 Å². The summed E-state index contributed by atoms with van der Waals surface area (Å²) in [5.74, 6) is 1.92. The molecule has 2 aromatic heterocycles. The summed E-state index contributed by atoms with van der Waals surface area (Å²) in [6.45, 7) is 5.39. The zero-order valence-electron chi connectivity index (χ0n) is 16.8. The van der Waals surface area contributed by atoms with Gasteiger partial charge in [-0.3, -0.25) is 4.79 Å². The van der Waals surface area contributed by atoms with Gasteiger partial charge in [0, 0.05) is 51.5 Å². The van der Waals surface area contributed by atoms with Crippen molar-refractivity contribution >= 4 is 17.7 Å². The predicted molar refractivity (Wildman–Crippen MR) is 112 cm³/mol. The molecule has 0 aliphatic carbocycles. The third-order valence-electron chi connectivity index (χ3n) is 5.06. The standard InChI is InChI=1S/C22H25N5O2/c1-17-15-20(25(2)16-18-7-4-3-5-8-18)24-22(23-17)27-12-10-26(11-13-27)21(28)19-9-6-14-29-19/h3-9,14-15H,10-13,16H2,1-2H3. The quantitative estimate of drug-likeness (QED) is 0.666. The number of aromatic nitrogens is 2. The second kappa shape index (κ2) is 8.34. The van der Waals surface area contributed by atoms with Gasteiger partial charge in [0.2, 0.25) is 5.95 Å². The van der Waals surface area contributed by atoms with Gasteiger partial charge < -0.3 is 19.1 Å². The molecule has 0 N–H and O–H groups in total. The van der Waals surface area contributed by atoms with E-state index < -0.39 is 0 Å². The lowest BCUT2D eigenvalue weighted by molar-refractivity contribution is 0.0714. The molecule has 0 saturated carbocycles. The molecule has 0 atom stereocenters. The van der Waals surface area contributed by atoms with Crippen molar-refractivity contribution < 1.29 is 9.21 Å². The van der Waals surface area contributed by atoms with E-state index in [0.717, 1.165) is 18.1 Å². The predicted octanol–water partition coefficient (Wildman–Crippen LogP) is 2.98. The fraction of sp³-hybridized carbons (Fsp3) is 0.318. The molecule has 0 unspecified atom stereocenters. The Balaban J connectivity index is 1.43. The van der Waals surface area contributed by atoms with Crippen LogP contribution in [0.4, 0.5) is 11.8 Å². The van der Waals surface area contributed by atoms with Crippen LogP contribution in [0.3, 0.4) is 0 Å². The van der Waals surface area contributed by atoms with E-state index in [0.29, 0.717) is 37.9 Å². The smallest absolute Gasteiger partial charge is 0.289 e. The Morgan fingerprint density at radius 1 is 1.07 bits per heavy atom. The molecule has 0 radical (unpaired) electrons. The van der Waals surface area contributed by atoms with Crippen LogP contribution in [0.2, 0.25) is 0 Å². The van der Waals surface area contributed by atoms with Crippen LogP contribution >= 0.6 is 0 Å². The fourth-order valence-corrected chi connectivity index (χ4v) is 3.48. The maximum absolute atomic E-state index is 12.5. The lowest BCUT2D eigenvalue weighted by Gasteiger charge is -2.34. The van der Waals surface area contributed by atoms with Gasteiger partial charge in [0.15, 0.2) is 5.76 Å². The van der Waals surface area contributed by atoms with Gasteiger partial charge in [0.1, 0.15) is 5.82 Å². The van der Waals surface area contributed by atoms with Crippen LogP contribution in [0, 0.1) is 6.92 Å². The number of hydrogen-bond donors (Lipinski definition) is 0. The van der Waals surface area contributed by atoms with E-state index in [1.165, 1.54) is 11.8 Å².